The molecule has 0 saturated heterocycles. The molecule has 1 heterocycles. The maximum absolute atomic E-state index is 12.0. The zero-order valence-corrected chi connectivity index (χ0v) is 11.6. The fraction of sp³-hybridized carbons (Fsp3) is 0.167. The van der Waals surface area contributed by atoms with Gasteiger partial charge < -0.3 is 14.8 Å². The van der Waals surface area contributed by atoms with Crippen molar-refractivity contribution in [3.05, 3.63) is 42.5 Å². The fourth-order valence-corrected chi connectivity index (χ4v) is 2.71. The normalized spacial score (nSPS) is 11.4. The van der Waals surface area contributed by atoms with Crippen LogP contribution in [0.3, 0.4) is 0 Å². The molecule has 0 aliphatic heterocycles. The second-order valence-electron chi connectivity index (χ2n) is 4.18. The molecule has 0 bridgehead atoms. The lowest BCUT2D eigenvalue weighted by Gasteiger charge is -2.08. The van der Waals surface area contributed by atoms with Crippen molar-refractivity contribution in [1.82, 2.24) is 14.3 Å². The zero-order chi connectivity index (χ0) is 15.5. The van der Waals surface area contributed by atoms with Crippen LogP contribution < -0.4 is 4.72 Å². The number of nitrogens with one attached hydrogen (secondary N) is 1. The van der Waals surface area contributed by atoms with Crippen molar-refractivity contribution < 1.29 is 23.4 Å². The van der Waals surface area contributed by atoms with Crippen molar-refractivity contribution in [2.45, 2.75) is 11.4 Å². The van der Waals surface area contributed by atoms with Crippen molar-refractivity contribution in [2.75, 3.05) is 6.54 Å². The molecule has 0 unspecified atom stereocenters. The minimum absolute atomic E-state index is 0.127. The van der Waals surface area contributed by atoms with Crippen LogP contribution in [0.4, 0.5) is 0 Å². The van der Waals surface area contributed by atoms with Crippen molar-refractivity contribution >= 4 is 16.0 Å². The summed E-state index contributed by atoms with van der Waals surface area (Å²) in [6.07, 6.45) is 4.82. The maximum atomic E-state index is 12.0. The molecule has 1 aromatic carbocycles. The highest BCUT2D eigenvalue weighted by atomic mass is 32.2. The Bertz CT molecular complexity index is 740. The minimum atomic E-state index is -3.84. The third-order valence-electron chi connectivity index (χ3n) is 2.73. The molecule has 0 aliphatic rings. The molecule has 0 fully saturated rings. The van der Waals surface area contributed by atoms with Crippen molar-refractivity contribution in [3.63, 3.8) is 0 Å². The molecule has 3 N–H and O–H groups in total. The Labute approximate surface area is 120 Å². The van der Waals surface area contributed by atoms with Crippen molar-refractivity contribution in [2.24, 2.45) is 0 Å². The third-order valence-corrected chi connectivity index (χ3v) is 4.19. The van der Waals surface area contributed by atoms with E-state index >= 15 is 0 Å². The van der Waals surface area contributed by atoms with Crippen LogP contribution in [0.5, 0.6) is 5.75 Å². The number of nitrogens with zero attached hydrogens (tertiary/aromatic N) is 2. The van der Waals surface area contributed by atoms with E-state index in [1.807, 2.05) is 0 Å². The Morgan fingerprint density at radius 1 is 1.38 bits per heavy atom. The number of aromatic hydroxyl groups is 1. The lowest BCUT2D eigenvalue weighted by atomic mass is 10.2. The smallest absolute Gasteiger partial charge is 0.339 e. The molecule has 8 nitrogen and oxygen atoms in total. The van der Waals surface area contributed by atoms with E-state index in [4.69, 9.17) is 5.11 Å². The van der Waals surface area contributed by atoms with Crippen LogP contribution in [-0.4, -0.2) is 40.7 Å². The number of sulfonamides is 1. The summed E-state index contributed by atoms with van der Waals surface area (Å²) in [5.41, 5.74) is -0.465. The molecule has 0 atom stereocenters. The number of rotatable bonds is 6. The second-order valence-corrected chi connectivity index (χ2v) is 5.95. The minimum Gasteiger partial charge on any atom is -0.507 e. The Kier molecular flexibility index (Phi) is 4.24. The fourth-order valence-electron chi connectivity index (χ4n) is 1.67. The standard InChI is InChI=1S/C12H13N3O5S/c16-11-2-1-9(7-10(11)12(17)18)21(19,20)14-4-6-15-5-3-13-8-15/h1-3,5,7-8,14,16H,4,6H2,(H,17,18). The number of aromatic nitrogens is 2. The first-order chi connectivity index (χ1) is 9.90. The highest BCUT2D eigenvalue weighted by Crippen LogP contribution is 2.21. The summed E-state index contributed by atoms with van der Waals surface area (Å²) in [5, 5.41) is 18.2. The van der Waals surface area contributed by atoms with Gasteiger partial charge in [0.25, 0.3) is 0 Å². The molecule has 21 heavy (non-hydrogen) atoms. The average molecular weight is 311 g/mol. The van der Waals surface area contributed by atoms with Crippen molar-refractivity contribution in [3.8, 4) is 5.75 Å². The number of imidazole rings is 1. The van der Waals surface area contributed by atoms with Gasteiger partial charge in [0.15, 0.2) is 0 Å². The van der Waals surface area contributed by atoms with Gasteiger partial charge in [-0.1, -0.05) is 0 Å². The van der Waals surface area contributed by atoms with Gasteiger partial charge in [-0.3, -0.25) is 0 Å². The van der Waals surface area contributed by atoms with E-state index in [-0.39, 0.29) is 11.4 Å². The average Bonchev–Trinajstić information content (AvgIpc) is 2.91. The van der Waals surface area contributed by atoms with E-state index in [0.717, 1.165) is 18.2 Å². The number of carboxylic acids is 1. The molecule has 0 radical (unpaired) electrons. The summed E-state index contributed by atoms with van der Waals surface area (Å²) < 4.78 is 28.1. The van der Waals surface area contributed by atoms with Gasteiger partial charge in [-0.25, -0.2) is 22.9 Å². The quantitative estimate of drug-likeness (QED) is 0.704. The number of carbonyl (C=O) groups is 1. The Morgan fingerprint density at radius 2 is 2.14 bits per heavy atom. The molecule has 112 valence electrons. The molecule has 1 aromatic heterocycles. The number of hydrogen-bond acceptors (Lipinski definition) is 5. The highest BCUT2D eigenvalue weighted by molar-refractivity contribution is 7.89. The zero-order valence-electron chi connectivity index (χ0n) is 10.8. The van der Waals surface area contributed by atoms with E-state index in [1.54, 1.807) is 23.3 Å². The number of phenols is 1. The molecule has 2 aromatic rings. The first-order valence-electron chi connectivity index (χ1n) is 5.92. The van der Waals surface area contributed by atoms with Gasteiger partial charge in [0, 0.05) is 25.5 Å². The summed E-state index contributed by atoms with van der Waals surface area (Å²) in [4.78, 5) is 14.5. The summed E-state index contributed by atoms with van der Waals surface area (Å²) in [5.74, 6) is -1.89. The van der Waals surface area contributed by atoms with Crippen LogP contribution >= 0.6 is 0 Å². The monoisotopic (exact) mass is 311 g/mol. The van der Waals surface area contributed by atoms with Gasteiger partial charge in [0.1, 0.15) is 11.3 Å². The van der Waals surface area contributed by atoms with Crippen LogP contribution in [0.15, 0.2) is 41.8 Å². The molecule has 9 heteroatoms. The van der Waals surface area contributed by atoms with Crippen LogP contribution in [-0.2, 0) is 16.6 Å². The van der Waals surface area contributed by atoms with Gasteiger partial charge in [-0.2, -0.15) is 0 Å². The van der Waals surface area contributed by atoms with Gasteiger partial charge >= 0.3 is 5.97 Å². The van der Waals surface area contributed by atoms with Gasteiger partial charge in [-0.15, -0.1) is 0 Å². The predicted molar refractivity (Wildman–Crippen MR) is 72.5 cm³/mol. The topological polar surface area (TPSA) is 122 Å². The molecule has 0 spiro atoms. The molecule has 2 rings (SSSR count). The van der Waals surface area contributed by atoms with Crippen molar-refractivity contribution in [1.29, 1.82) is 0 Å². The lowest BCUT2D eigenvalue weighted by Crippen LogP contribution is -2.27. The Balaban J connectivity index is 2.12. The summed E-state index contributed by atoms with van der Waals surface area (Å²) >= 11 is 0. The summed E-state index contributed by atoms with van der Waals surface area (Å²) in [6.45, 7) is 0.519. The van der Waals surface area contributed by atoms with Crippen LogP contribution in [0, 0.1) is 0 Å². The summed E-state index contributed by atoms with van der Waals surface area (Å²) in [6, 6.07) is 3.09. The van der Waals surface area contributed by atoms with Crippen LogP contribution in [0.1, 0.15) is 10.4 Å². The number of benzene rings is 1. The number of aromatic carboxylic acids is 1. The molecule has 0 aliphatic carbocycles. The molecule has 0 saturated carbocycles. The first kappa shape index (κ1) is 15.0. The second kappa shape index (κ2) is 5.94. The predicted octanol–water partition coefficient (Wildman–Crippen LogP) is 0.265. The van der Waals surface area contributed by atoms with E-state index in [2.05, 4.69) is 9.71 Å². The first-order valence-corrected chi connectivity index (χ1v) is 7.40. The molecular formula is C12H13N3O5S. The molecule has 0 amide bonds. The van der Waals surface area contributed by atoms with E-state index in [0.29, 0.717) is 6.54 Å². The highest BCUT2D eigenvalue weighted by Gasteiger charge is 2.18. The van der Waals surface area contributed by atoms with E-state index in [9.17, 15) is 18.3 Å². The SMILES string of the molecule is O=C(O)c1cc(S(=O)(=O)NCCn2ccnc2)ccc1O. The van der Waals surface area contributed by atoms with E-state index in [1.165, 1.54) is 0 Å². The largest absolute Gasteiger partial charge is 0.507 e. The Morgan fingerprint density at radius 3 is 2.76 bits per heavy atom. The molecular weight excluding hydrogens is 298 g/mol. The number of carboxylic acid groups (broad SMARTS) is 1. The maximum Gasteiger partial charge on any atom is 0.339 e. The Hall–Kier alpha value is -2.39. The van der Waals surface area contributed by atoms with Gasteiger partial charge in [0.2, 0.25) is 10.0 Å². The van der Waals surface area contributed by atoms with Gasteiger partial charge in [-0.05, 0) is 18.2 Å². The summed E-state index contributed by atoms with van der Waals surface area (Å²) in [7, 11) is -3.84. The number of hydrogen-bond donors (Lipinski definition) is 3. The van der Waals surface area contributed by atoms with Gasteiger partial charge in [0.05, 0.1) is 11.2 Å². The lowest BCUT2D eigenvalue weighted by molar-refractivity contribution is 0.0693. The van der Waals surface area contributed by atoms with Crippen LogP contribution in [0.25, 0.3) is 0 Å². The van der Waals surface area contributed by atoms with Crippen LogP contribution in [0.2, 0.25) is 0 Å². The van der Waals surface area contributed by atoms with E-state index < -0.39 is 27.3 Å². The third kappa shape index (κ3) is 3.58.